The molecule has 0 fully saturated rings. The van der Waals surface area contributed by atoms with Crippen molar-refractivity contribution in [3.63, 3.8) is 0 Å². The second-order valence-electron chi connectivity index (χ2n) is 3.83. The van der Waals surface area contributed by atoms with Crippen LogP contribution in [0.15, 0.2) is 23.3 Å². The molecule has 1 aromatic carbocycles. The Kier molecular flexibility index (Phi) is 5.73. The van der Waals surface area contributed by atoms with Crippen molar-refractivity contribution in [1.82, 2.24) is 10.7 Å². The molecule has 0 aromatic heterocycles. The van der Waals surface area contributed by atoms with Crippen molar-refractivity contribution in [2.24, 2.45) is 5.10 Å². The Labute approximate surface area is 115 Å². The summed E-state index contributed by atoms with van der Waals surface area (Å²) in [6.45, 7) is 2.81. The van der Waals surface area contributed by atoms with Crippen molar-refractivity contribution in [3.05, 3.63) is 39.7 Å². The molecule has 0 spiro atoms. The van der Waals surface area contributed by atoms with Gasteiger partial charge in [0.2, 0.25) is 5.82 Å². The van der Waals surface area contributed by atoms with Crippen LogP contribution in [0.1, 0.15) is 12.5 Å². The van der Waals surface area contributed by atoms with E-state index in [1.54, 1.807) is 7.05 Å². The SMILES string of the molecule is CCNC/C(=N/NC)C(=N)c1cccc([N+](=O)[O-])c1F. The van der Waals surface area contributed by atoms with Gasteiger partial charge in [0.15, 0.2) is 0 Å². The Morgan fingerprint density at radius 2 is 2.25 bits per heavy atom. The number of hydrogen-bond donors (Lipinski definition) is 3. The molecule has 108 valence electrons. The summed E-state index contributed by atoms with van der Waals surface area (Å²) in [5.74, 6) is -1.03. The van der Waals surface area contributed by atoms with Gasteiger partial charge in [-0.2, -0.15) is 9.49 Å². The van der Waals surface area contributed by atoms with Crippen LogP contribution in [0.4, 0.5) is 10.1 Å². The van der Waals surface area contributed by atoms with Crippen LogP contribution in [0.3, 0.4) is 0 Å². The van der Waals surface area contributed by atoms with Crippen LogP contribution in [-0.4, -0.2) is 36.5 Å². The van der Waals surface area contributed by atoms with Crippen molar-refractivity contribution in [3.8, 4) is 0 Å². The van der Waals surface area contributed by atoms with Gasteiger partial charge >= 0.3 is 5.69 Å². The Bertz CT molecular complexity index is 545. The number of halogens is 1. The molecule has 0 heterocycles. The Balaban J connectivity index is 3.15. The number of nitro benzene ring substituents is 1. The van der Waals surface area contributed by atoms with Crippen molar-refractivity contribution in [2.75, 3.05) is 20.1 Å². The highest BCUT2D eigenvalue weighted by atomic mass is 19.1. The van der Waals surface area contributed by atoms with Gasteiger partial charge < -0.3 is 10.7 Å². The molecule has 0 aliphatic rings. The maximum Gasteiger partial charge on any atom is 0.305 e. The highest BCUT2D eigenvalue weighted by Gasteiger charge is 2.22. The van der Waals surface area contributed by atoms with E-state index < -0.39 is 16.4 Å². The van der Waals surface area contributed by atoms with Crippen molar-refractivity contribution in [1.29, 1.82) is 5.41 Å². The summed E-state index contributed by atoms with van der Waals surface area (Å²) in [7, 11) is 1.56. The van der Waals surface area contributed by atoms with Crippen LogP contribution in [0.2, 0.25) is 0 Å². The van der Waals surface area contributed by atoms with Gasteiger partial charge in [0.05, 0.1) is 16.3 Å². The van der Waals surface area contributed by atoms with E-state index in [9.17, 15) is 14.5 Å². The topological polar surface area (TPSA) is 103 Å². The fraction of sp³-hybridized carbons (Fsp3) is 0.333. The summed E-state index contributed by atoms with van der Waals surface area (Å²) in [4.78, 5) is 9.89. The number of rotatable bonds is 7. The monoisotopic (exact) mass is 281 g/mol. The van der Waals surface area contributed by atoms with Crippen molar-refractivity contribution < 1.29 is 9.31 Å². The molecule has 0 saturated carbocycles. The smallest absolute Gasteiger partial charge is 0.305 e. The number of nitro groups is 1. The van der Waals surface area contributed by atoms with Crippen LogP contribution in [0.5, 0.6) is 0 Å². The predicted molar refractivity (Wildman–Crippen MR) is 74.9 cm³/mol. The van der Waals surface area contributed by atoms with E-state index in [0.29, 0.717) is 6.54 Å². The third kappa shape index (κ3) is 3.58. The predicted octanol–water partition coefficient (Wildman–Crippen LogP) is 1.29. The van der Waals surface area contributed by atoms with Gasteiger partial charge in [-0.25, -0.2) is 0 Å². The molecule has 0 aliphatic carbocycles. The van der Waals surface area contributed by atoms with E-state index in [-0.39, 0.29) is 23.5 Å². The summed E-state index contributed by atoms with van der Waals surface area (Å²) < 4.78 is 14.0. The Morgan fingerprint density at radius 1 is 1.55 bits per heavy atom. The molecule has 0 unspecified atom stereocenters. The quantitative estimate of drug-likeness (QED) is 0.398. The lowest BCUT2D eigenvalue weighted by Gasteiger charge is -2.09. The summed E-state index contributed by atoms with van der Waals surface area (Å²) in [5.41, 5.74) is 1.81. The Hall–Kier alpha value is -2.35. The zero-order chi connectivity index (χ0) is 15.1. The second kappa shape index (κ2) is 7.29. The number of nitrogens with one attached hydrogen (secondary N) is 3. The van der Waals surface area contributed by atoms with Crippen LogP contribution in [-0.2, 0) is 0 Å². The lowest BCUT2D eigenvalue weighted by Crippen LogP contribution is -2.31. The normalized spacial score (nSPS) is 11.2. The van der Waals surface area contributed by atoms with Gasteiger partial charge in [0.25, 0.3) is 0 Å². The molecule has 0 radical (unpaired) electrons. The van der Waals surface area contributed by atoms with Crippen LogP contribution in [0.25, 0.3) is 0 Å². The van der Waals surface area contributed by atoms with E-state index in [0.717, 1.165) is 6.07 Å². The molecule has 20 heavy (non-hydrogen) atoms. The first-order chi connectivity index (χ1) is 9.52. The minimum Gasteiger partial charge on any atom is -0.313 e. The third-order valence-electron chi connectivity index (χ3n) is 2.52. The van der Waals surface area contributed by atoms with E-state index in [1.165, 1.54) is 12.1 Å². The lowest BCUT2D eigenvalue weighted by atomic mass is 10.0. The van der Waals surface area contributed by atoms with E-state index in [4.69, 9.17) is 5.41 Å². The van der Waals surface area contributed by atoms with Crippen LogP contribution >= 0.6 is 0 Å². The third-order valence-corrected chi connectivity index (χ3v) is 2.52. The van der Waals surface area contributed by atoms with Gasteiger partial charge in [-0.15, -0.1) is 0 Å². The fourth-order valence-corrected chi connectivity index (χ4v) is 1.57. The van der Waals surface area contributed by atoms with Gasteiger partial charge in [0, 0.05) is 25.2 Å². The first-order valence-electron chi connectivity index (χ1n) is 5.99. The molecule has 7 nitrogen and oxygen atoms in total. The number of hydrogen-bond acceptors (Lipinski definition) is 6. The highest BCUT2D eigenvalue weighted by Crippen LogP contribution is 2.20. The Morgan fingerprint density at radius 3 is 2.80 bits per heavy atom. The minimum absolute atomic E-state index is 0.147. The van der Waals surface area contributed by atoms with Gasteiger partial charge in [-0.3, -0.25) is 15.5 Å². The zero-order valence-corrected chi connectivity index (χ0v) is 11.2. The van der Waals surface area contributed by atoms with Crippen molar-refractivity contribution >= 4 is 17.1 Å². The number of nitrogens with zero attached hydrogens (tertiary/aromatic N) is 2. The maximum absolute atomic E-state index is 14.0. The average molecular weight is 281 g/mol. The average Bonchev–Trinajstić information content (AvgIpc) is 2.42. The van der Waals surface area contributed by atoms with E-state index in [2.05, 4.69) is 15.8 Å². The fourth-order valence-electron chi connectivity index (χ4n) is 1.57. The first-order valence-corrected chi connectivity index (χ1v) is 5.99. The molecule has 0 atom stereocenters. The second-order valence-corrected chi connectivity index (χ2v) is 3.83. The molecule has 0 saturated heterocycles. The van der Waals surface area contributed by atoms with Gasteiger partial charge in [-0.05, 0) is 12.6 Å². The molecule has 0 aliphatic heterocycles. The molecule has 3 N–H and O–H groups in total. The van der Waals surface area contributed by atoms with Crippen LogP contribution < -0.4 is 10.7 Å². The standard InChI is InChI=1S/C12H16FN5O2/c1-3-16-7-9(17-15-2)12(14)8-5-4-6-10(11(8)13)18(19)20/h4-6,14-16H,3,7H2,1-2H3/b14-12?,17-9-. The molecule has 0 amide bonds. The summed E-state index contributed by atoms with van der Waals surface area (Å²) >= 11 is 0. The van der Waals surface area contributed by atoms with Gasteiger partial charge in [0.1, 0.15) is 0 Å². The summed E-state index contributed by atoms with van der Waals surface area (Å²) in [6, 6.07) is 3.72. The van der Waals surface area contributed by atoms with E-state index >= 15 is 0 Å². The largest absolute Gasteiger partial charge is 0.313 e. The number of benzene rings is 1. The summed E-state index contributed by atoms with van der Waals surface area (Å²) in [6.07, 6.45) is 0. The van der Waals surface area contributed by atoms with Crippen molar-refractivity contribution in [2.45, 2.75) is 6.92 Å². The molecule has 8 heteroatoms. The molecular formula is C12H16FN5O2. The van der Waals surface area contributed by atoms with Gasteiger partial charge in [-0.1, -0.05) is 13.0 Å². The maximum atomic E-state index is 14.0. The number of hydrazone groups is 1. The molecule has 0 bridgehead atoms. The molecule has 1 rings (SSSR count). The first kappa shape index (κ1) is 15.7. The molecular weight excluding hydrogens is 265 g/mol. The van der Waals surface area contributed by atoms with E-state index in [1.807, 2.05) is 6.92 Å². The lowest BCUT2D eigenvalue weighted by molar-refractivity contribution is -0.387. The zero-order valence-electron chi connectivity index (χ0n) is 11.2. The van der Waals surface area contributed by atoms with Crippen LogP contribution in [0, 0.1) is 21.3 Å². The highest BCUT2D eigenvalue weighted by molar-refractivity contribution is 6.48. The minimum atomic E-state index is -1.03. The summed E-state index contributed by atoms with van der Waals surface area (Å²) in [5, 5.41) is 25.5. The molecule has 1 aromatic rings.